The van der Waals surface area contributed by atoms with Crippen LogP contribution in [0.15, 0.2) is 42.5 Å². The van der Waals surface area contributed by atoms with Crippen LogP contribution < -0.4 is 10.1 Å². The van der Waals surface area contributed by atoms with E-state index in [1.54, 1.807) is 18.2 Å². The minimum atomic E-state index is 0.179. The minimum absolute atomic E-state index is 0.179. The number of hydrogen-bond acceptors (Lipinski definition) is 3. The van der Waals surface area contributed by atoms with E-state index >= 15 is 0 Å². The van der Waals surface area contributed by atoms with E-state index in [1.807, 2.05) is 6.07 Å². The van der Waals surface area contributed by atoms with Gasteiger partial charge < -0.3 is 15.2 Å². The summed E-state index contributed by atoms with van der Waals surface area (Å²) in [4.78, 5) is 0. The lowest BCUT2D eigenvalue weighted by atomic mass is 10.0. The second-order valence-corrected chi connectivity index (χ2v) is 4.78. The number of phenolic OH excluding ortho intramolecular Hbond substituents is 1. The SMILES string of the molecule is Oc1ccccc1OCc1ccc2c(c1)NCCC2. The molecule has 1 heterocycles. The summed E-state index contributed by atoms with van der Waals surface area (Å²) in [6.45, 7) is 1.50. The summed E-state index contributed by atoms with van der Waals surface area (Å²) in [5.74, 6) is 0.701. The fourth-order valence-electron chi connectivity index (χ4n) is 2.34. The average Bonchev–Trinajstić information content (AvgIpc) is 2.46. The fraction of sp³-hybridized carbons (Fsp3) is 0.250. The van der Waals surface area contributed by atoms with Crippen molar-refractivity contribution in [1.29, 1.82) is 0 Å². The van der Waals surface area contributed by atoms with Crippen molar-refractivity contribution in [2.75, 3.05) is 11.9 Å². The predicted molar refractivity (Wildman–Crippen MR) is 75.7 cm³/mol. The number of fused-ring (bicyclic) bond motifs is 1. The van der Waals surface area contributed by atoms with Crippen LogP contribution in [0.4, 0.5) is 5.69 Å². The molecule has 3 rings (SSSR count). The van der Waals surface area contributed by atoms with Gasteiger partial charge in [-0.15, -0.1) is 0 Å². The molecular formula is C16H17NO2. The Hall–Kier alpha value is -2.16. The molecule has 0 saturated carbocycles. The van der Waals surface area contributed by atoms with E-state index in [-0.39, 0.29) is 5.75 Å². The Kier molecular flexibility index (Phi) is 3.27. The molecule has 3 nitrogen and oxygen atoms in total. The van der Waals surface area contributed by atoms with Gasteiger partial charge in [-0.25, -0.2) is 0 Å². The highest BCUT2D eigenvalue weighted by atomic mass is 16.5. The van der Waals surface area contributed by atoms with E-state index in [1.165, 1.54) is 17.7 Å². The number of anilines is 1. The van der Waals surface area contributed by atoms with Crippen molar-refractivity contribution >= 4 is 5.69 Å². The molecule has 0 spiro atoms. The highest BCUT2D eigenvalue weighted by Crippen LogP contribution is 2.27. The molecule has 0 saturated heterocycles. The van der Waals surface area contributed by atoms with Crippen molar-refractivity contribution in [3.63, 3.8) is 0 Å². The molecule has 98 valence electrons. The van der Waals surface area contributed by atoms with Crippen molar-refractivity contribution in [2.24, 2.45) is 0 Å². The van der Waals surface area contributed by atoms with Gasteiger partial charge in [0.25, 0.3) is 0 Å². The van der Waals surface area contributed by atoms with Gasteiger partial charge in [0.05, 0.1) is 0 Å². The first kappa shape index (κ1) is 11.9. The monoisotopic (exact) mass is 255 g/mol. The van der Waals surface area contributed by atoms with E-state index in [9.17, 15) is 5.11 Å². The molecule has 3 heteroatoms. The van der Waals surface area contributed by atoms with E-state index < -0.39 is 0 Å². The Morgan fingerprint density at radius 2 is 2.05 bits per heavy atom. The molecule has 2 aromatic rings. The maximum Gasteiger partial charge on any atom is 0.161 e. The number of benzene rings is 2. The summed E-state index contributed by atoms with van der Waals surface area (Å²) in [5, 5.41) is 13.1. The van der Waals surface area contributed by atoms with Crippen LogP contribution in [0.1, 0.15) is 17.5 Å². The van der Waals surface area contributed by atoms with Crippen molar-refractivity contribution in [2.45, 2.75) is 19.4 Å². The van der Waals surface area contributed by atoms with Crippen molar-refractivity contribution in [3.05, 3.63) is 53.6 Å². The highest BCUT2D eigenvalue weighted by Gasteiger charge is 2.09. The highest BCUT2D eigenvalue weighted by molar-refractivity contribution is 5.54. The molecule has 0 fully saturated rings. The maximum atomic E-state index is 9.64. The Labute approximate surface area is 112 Å². The number of aryl methyl sites for hydroxylation is 1. The van der Waals surface area contributed by atoms with Crippen LogP contribution in [-0.2, 0) is 13.0 Å². The van der Waals surface area contributed by atoms with E-state index in [2.05, 4.69) is 23.5 Å². The molecule has 0 bridgehead atoms. The summed E-state index contributed by atoms with van der Waals surface area (Å²) in [6.07, 6.45) is 2.34. The number of aromatic hydroxyl groups is 1. The molecule has 2 aromatic carbocycles. The molecule has 1 aliphatic rings. The second kappa shape index (κ2) is 5.22. The standard InChI is InChI=1S/C16H17NO2/c18-15-5-1-2-6-16(15)19-11-12-7-8-13-4-3-9-17-14(13)10-12/h1-2,5-8,10,17-18H,3-4,9,11H2. The van der Waals surface area contributed by atoms with Crippen LogP contribution in [0.25, 0.3) is 0 Å². The number of nitrogens with one attached hydrogen (secondary N) is 1. The smallest absolute Gasteiger partial charge is 0.161 e. The third kappa shape index (κ3) is 2.65. The van der Waals surface area contributed by atoms with Gasteiger partial charge in [-0.2, -0.15) is 0 Å². The zero-order chi connectivity index (χ0) is 13.1. The van der Waals surface area contributed by atoms with Gasteiger partial charge in [0.15, 0.2) is 11.5 Å². The Bertz CT molecular complexity index is 581. The van der Waals surface area contributed by atoms with Crippen LogP contribution in [0.5, 0.6) is 11.5 Å². The number of rotatable bonds is 3. The van der Waals surface area contributed by atoms with Crippen LogP contribution in [-0.4, -0.2) is 11.7 Å². The maximum absolute atomic E-state index is 9.64. The topological polar surface area (TPSA) is 41.5 Å². The van der Waals surface area contributed by atoms with Crippen LogP contribution in [0, 0.1) is 0 Å². The van der Waals surface area contributed by atoms with Crippen LogP contribution >= 0.6 is 0 Å². The summed E-state index contributed by atoms with van der Waals surface area (Å²) in [5.41, 5.74) is 3.69. The minimum Gasteiger partial charge on any atom is -0.504 e. The molecule has 2 N–H and O–H groups in total. The van der Waals surface area contributed by atoms with Gasteiger partial charge in [-0.3, -0.25) is 0 Å². The Balaban J connectivity index is 1.72. The molecule has 0 amide bonds. The molecule has 0 aromatic heterocycles. The summed E-state index contributed by atoms with van der Waals surface area (Å²) < 4.78 is 5.64. The van der Waals surface area contributed by atoms with Gasteiger partial charge >= 0.3 is 0 Å². The number of phenols is 1. The Morgan fingerprint density at radius 1 is 1.16 bits per heavy atom. The van der Waals surface area contributed by atoms with E-state index in [0.717, 1.165) is 18.5 Å². The lowest BCUT2D eigenvalue weighted by Crippen LogP contribution is -2.12. The van der Waals surface area contributed by atoms with Gasteiger partial charge in [-0.05, 0) is 42.2 Å². The van der Waals surface area contributed by atoms with E-state index in [0.29, 0.717) is 12.4 Å². The zero-order valence-corrected chi connectivity index (χ0v) is 10.7. The van der Waals surface area contributed by atoms with Crippen LogP contribution in [0.2, 0.25) is 0 Å². The third-order valence-corrected chi connectivity index (χ3v) is 3.37. The van der Waals surface area contributed by atoms with Gasteiger partial charge in [-0.1, -0.05) is 24.3 Å². The molecule has 1 aliphatic heterocycles. The zero-order valence-electron chi connectivity index (χ0n) is 10.7. The second-order valence-electron chi connectivity index (χ2n) is 4.78. The molecule has 19 heavy (non-hydrogen) atoms. The first-order valence-electron chi connectivity index (χ1n) is 6.59. The van der Waals surface area contributed by atoms with E-state index in [4.69, 9.17) is 4.74 Å². The van der Waals surface area contributed by atoms with Gasteiger partial charge in [0.1, 0.15) is 6.61 Å². The average molecular weight is 255 g/mol. The van der Waals surface area contributed by atoms with Crippen LogP contribution in [0.3, 0.4) is 0 Å². The van der Waals surface area contributed by atoms with Crippen molar-refractivity contribution < 1.29 is 9.84 Å². The lowest BCUT2D eigenvalue weighted by molar-refractivity contribution is 0.289. The molecule has 0 atom stereocenters. The number of ether oxygens (including phenoxy) is 1. The normalized spacial score (nSPS) is 13.5. The molecule has 0 radical (unpaired) electrons. The fourth-order valence-corrected chi connectivity index (χ4v) is 2.34. The third-order valence-electron chi connectivity index (χ3n) is 3.37. The quantitative estimate of drug-likeness (QED) is 0.884. The lowest BCUT2D eigenvalue weighted by Gasteiger charge is -2.18. The van der Waals surface area contributed by atoms with Gasteiger partial charge in [0.2, 0.25) is 0 Å². The Morgan fingerprint density at radius 3 is 2.95 bits per heavy atom. The first-order chi connectivity index (χ1) is 9.33. The molecule has 0 unspecified atom stereocenters. The predicted octanol–water partition coefficient (Wildman–Crippen LogP) is 3.33. The summed E-state index contributed by atoms with van der Waals surface area (Å²) in [6, 6.07) is 13.4. The number of hydrogen-bond donors (Lipinski definition) is 2. The summed E-state index contributed by atoms with van der Waals surface area (Å²) in [7, 11) is 0. The van der Waals surface area contributed by atoms with Crippen molar-refractivity contribution in [1.82, 2.24) is 0 Å². The van der Waals surface area contributed by atoms with Gasteiger partial charge in [0, 0.05) is 12.2 Å². The largest absolute Gasteiger partial charge is 0.504 e. The number of para-hydroxylation sites is 2. The van der Waals surface area contributed by atoms with Crippen molar-refractivity contribution in [3.8, 4) is 11.5 Å². The first-order valence-corrected chi connectivity index (χ1v) is 6.59. The summed E-state index contributed by atoms with van der Waals surface area (Å²) >= 11 is 0. The molecule has 0 aliphatic carbocycles. The molecular weight excluding hydrogens is 238 g/mol.